The topological polar surface area (TPSA) is 61.9 Å². The Bertz CT molecular complexity index is 899. The SMILES string of the molecule is COc1ccc(CCN2CCN(C(=O)CCNC(=O)c3cc(F)ccc3Br)CC2)cc1. The Balaban J connectivity index is 1.36. The predicted molar refractivity (Wildman–Crippen MR) is 121 cm³/mol. The summed E-state index contributed by atoms with van der Waals surface area (Å²) in [7, 11) is 1.66. The first kappa shape index (κ1) is 23.2. The van der Waals surface area contributed by atoms with Gasteiger partial charge < -0.3 is 15.0 Å². The van der Waals surface area contributed by atoms with Crippen LogP contribution >= 0.6 is 15.9 Å². The van der Waals surface area contributed by atoms with E-state index in [0.29, 0.717) is 17.6 Å². The fourth-order valence-electron chi connectivity index (χ4n) is 3.51. The zero-order valence-electron chi connectivity index (χ0n) is 17.6. The van der Waals surface area contributed by atoms with Gasteiger partial charge in [-0.05, 0) is 58.2 Å². The average molecular weight is 492 g/mol. The van der Waals surface area contributed by atoms with Crippen molar-refractivity contribution >= 4 is 27.7 Å². The molecule has 166 valence electrons. The van der Waals surface area contributed by atoms with Crippen molar-refractivity contribution in [1.29, 1.82) is 0 Å². The van der Waals surface area contributed by atoms with E-state index < -0.39 is 11.7 Å². The summed E-state index contributed by atoms with van der Waals surface area (Å²) in [5.74, 6) is 0.000796. The molecule has 0 aliphatic carbocycles. The van der Waals surface area contributed by atoms with Crippen molar-refractivity contribution in [3.63, 3.8) is 0 Å². The molecule has 6 nitrogen and oxygen atoms in total. The quantitative estimate of drug-likeness (QED) is 0.616. The van der Waals surface area contributed by atoms with Crippen LogP contribution in [0.3, 0.4) is 0 Å². The Morgan fingerprint density at radius 2 is 1.81 bits per heavy atom. The number of carbonyl (C=O) groups excluding carboxylic acids is 2. The van der Waals surface area contributed by atoms with Crippen LogP contribution in [-0.2, 0) is 11.2 Å². The number of piperazine rings is 1. The number of nitrogens with one attached hydrogen (secondary N) is 1. The number of benzene rings is 2. The normalized spacial score (nSPS) is 14.4. The molecule has 0 unspecified atom stereocenters. The summed E-state index contributed by atoms with van der Waals surface area (Å²) < 4.78 is 19.0. The summed E-state index contributed by atoms with van der Waals surface area (Å²) in [6, 6.07) is 12.0. The molecule has 0 aromatic heterocycles. The molecular weight excluding hydrogens is 465 g/mol. The molecule has 2 aromatic carbocycles. The summed E-state index contributed by atoms with van der Waals surface area (Å²) in [6.07, 6.45) is 1.18. The Morgan fingerprint density at radius 3 is 2.48 bits per heavy atom. The number of hydrogen-bond acceptors (Lipinski definition) is 4. The standard InChI is InChI=1S/C23H27BrFN3O3/c1-31-19-5-2-17(3-6-19)9-11-27-12-14-28(15-13-27)22(29)8-10-26-23(30)20-16-18(25)4-7-21(20)24/h2-7,16H,8-15H2,1H3,(H,26,30). The van der Waals surface area contributed by atoms with Crippen molar-refractivity contribution in [2.45, 2.75) is 12.8 Å². The van der Waals surface area contributed by atoms with Crippen LogP contribution in [0.25, 0.3) is 0 Å². The Hall–Kier alpha value is -2.45. The van der Waals surface area contributed by atoms with Crippen molar-refractivity contribution in [3.05, 3.63) is 63.9 Å². The van der Waals surface area contributed by atoms with Gasteiger partial charge in [-0.25, -0.2) is 4.39 Å². The molecule has 1 aliphatic heterocycles. The third kappa shape index (κ3) is 6.77. The Labute approximate surface area is 190 Å². The van der Waals surface area contributed by atoms with Gasteiger partial charge in [-0.3, -0.25) is 14.5 Å². The van der Waals surface area contributed by atoms with Crippen molar-refractivity contribution in [1.82, 2.24) is 15.1 Å². The van der Waals surface area contributed by atoms with Crippen LogP contribution in [0.4, 0.5) is 4.39 Å². The first-order chi connectivity index (χ1) is 15.0. The molecular formula is C23H27BrFN3O3. The minimum Gasteiger partial charge on any atom is -0.497 e. The smallest absolute Gasteiger partial charge is 0.252 e. The maximum Gasteiger partial charge on any atom is 0.252 e. The third-order valence-electron chi connectivity index (χ3n) is 5.40. The van der Waals surface area contributed by atoms with E-state index in [4.69, 9.17) is 4.74 Å². The molecule has 2 amide bonds. The maximum atomic E-state index is 13.3. The van der Waals surface area contributed by atoms with Crippen LogP contribution in [-0.4, -0.2) is 68.0 Å². The molecule has 1 aliphatic rings. The molecule has 1 saturated heterocycles. The second kappa shape index (κ2) is 11.2. The zero-order valence-corrected chi connectivity index (χ0v) is 19.2. The lowest BCUT2D eigenvalue weighted by Crippen LogP contribution is -2.49. The first-order valence-electron chi connectivity index (χ1n) is 10.3. The highest BCUT2D eigenvalue weighted by Gasteiger charge is 2.21. The lowest BCUT2D eigenvalue weighted by molar-refractivity contribution is -0.132. The summed E-state index contributed by atoms with van der Waals surface area (Å²) >= 11 is 3.24. The van der Waals surface area contributed by atoms with Crippen molar-refractivity contribution < 1.29 is 18.7 Å². The molecule has 0 atom stereocenters. The highest BCUT2D eigenvalue weighted by molar-refractivity contribution is 9.10. The van der Waals surface area contributed by atoms with E-state index in [1.54, 1.807) is 7.11 Å². The van der Waals surface area contributed by atoms with Crippen LogP contribution in [0, 0.1) is 5.82 Å². The van der Waals surface area contributed by atoms with Gasteiger partial charge >= 0.3 is 0 Å². The molecule has 0 radical (unpaired) electrons. The van der Waals surface area contributed by atoms with Gasteiger partial charge in [-0.15, -0.1) is 0 Å². The molecule has 0 saturated carbocycles. The molecule has 2 aromatic rings. The Morgan fingerprint density at radius 1 is 1.10 bits per heavy atom. The predicted octanol–water partition coefficient (Wildman–Crippen LogP) is 3.10. The van der Waals surface area contributed by atoms with E-state index in [-0.39, 0.29) is 24.4 Å². The summed E-state index contributed by atoms with van der Waals surface area (Å²) in [4.78, 5) is 28.9. The van der Waals surface area contributed by atoms with E-state index in [1.165, 1.54) is 23.8 Å². The second-order valence-electron chi connectivity index (χ2n) is 7.45. The average Bonchev–Trinajstić information content (AvgIpc) is 2.79. The summed E-state index contributed by atoms with van der Waals surface area (Å²) in [5, 5.41) is 2.69. The minimum atomic E-state index is -0.478. The highest BCUT2D eigenvalue weighted by Crippen LogP contribution is 2.17. The van der Waals surface area contributed by atoms with Crippen molar-refractivity contribution in [3.8, 4) is 5.75 Å². The minimum absolute atomic E-state index is 0.0217. The van der Waals surface area contributed by atoms with Gasteiger partial charge in [0.1, 0.15) is 11.6 Å². The molecule has 8 heteroatoms. The monoisotopic (exact) mass is 491 g/mol. The van der Waals surface area contributed by atoms with E-state index in [0.717, 1.165) is 31.8 Å². The molecule has 0 spiro atoms. The van der Waals surface area contributed by atoms with Gasteiger partial charge in [0, 0.05) is 50.2 Å². The van der Waals surface area contributed by atoms with E-state index in [9.17, 15) is 14.0 Å². The van der Waals surface area contributed by atoms with Gasteiger partial charge in [0.15, 0.2) is 0 Å². The van der Waals surface area contributed by atoms with Crippen LogP contribution in [0.5, 0.6) is 5.75 Å². The highest BCUT2D eigenvalue weighted by atomic mass is 79.9. The van der Waals surface area contributed by atoms with Crippen molar-refractivity contribution in [2.24, 2.45) is 0 Å². The van der Waals surface area contributed by atoms with Crippen LogP contribution in [0.1, 0.15) is 22.3 Å². The largest absolute Gasteiger partial charge is 0.497 e. The van der Waals surface area contributed by atoms with Gasteiger partial charge in [0.25, 0.3) is 5.91 Å². The number of amides is 2. The van der Waals surface area contributed by atoms with Gasteiger partial charge in [-0.1, -0.05) is 12.1 Å². The number of carbonyl (C=O) groups is 2. The fraction of sp³-hybridized carbons (Fsp3) is 0.391. The second-order valence-corrected chi connectivity index (χ2v) is 8.30. The number of nitrogens with zero attached hydrogens (tertiary/aromatic N) is 2. The fourth-order valence-corrected chi connectivity index (χ4v) is 3.93. The van der Waals surface area contributed by atoms with Crippen molar-refractivity contribution in [2.75, 3.05) is 46.4 Å². The zero-order chi connectivity index (χ0) is 22.2. The molecule has 31 heavy (non-hydrogen) atoms. The molecule has 0 bridgehead atoms. The summed E-state index contributed by atoms with van der Waals surface area (Å²) in [6.45, 7) is 4.22. The van der Waals surface area contributed by atoms with E-state index in [2.05, 4.69) is 38.3 Å². The number of hydrogen-bond donors (Lipinski definition) is 1. The van der Waals surface area contributed by atoms with E-state index >= 15 is 0 Å². The number of halogens is 2. The number of ether oxygens (including phenoxy) is 1. The Kier molecular flexibility index (Phi) is 8.43. The molecule has 1 N–H and O–H groups in total. The lowest BCUT2D eigenvalue weighted by Gasteiger charge is -2.34. The molecule has 3 rings (SSSR count). The van der Waals surface area contributed by atoms with Gasteiger partial charge in [0.2, 0.25) is 5.91 Å². The summed E-state index contributed by atoms with van der Waals surface area (Å²) in [5.41, 5.74) is 1.48. The van der Waals surface area contributed by atoms with E-state index in [1.807, 2.05) is 17.0 Å². The molecule has 1 heterocycles. The van der Waals surface area contributed by atoms with Gasteiger partial charge in [-0.2, -0.15) is 0 Å². The van der Waals surface area contributed by atoms with Crippen LogP contribution in [0.15, 0.2) is 46.9 Å². The first-order valence-corrected chi connectivity index (χ1v) is 11.1. The van der Waals surface area contributed by atoms with Crippen LogP contribution in [0.2, 0.25) is 0 Å². The van der Waals surface area contributed by atoms with Crippen LogP contribution < -0.4 is 10.1 Å². The third-order valence-corrected chi connectivity index (χ3v) is 6.09. The van der Waals surface area contributed by atoms with Gasteiger partial charge in [0.05, 0.1) is 12.7 Å². The lowest BCUT2D eigenvalue weighted by atomic mass is 10.1. The molecule has 1 fully saturated rings. The number of methoxy groups -OCH3 is 1. The number of rotatable bonds is 8. The maximum absolute atomic E-state index is 13.3.